The number of piperidine rings is 1. The molecule has 0 bridgehead atoms. The number of quaternary nitrogens is 1. The Morgan fingerprint density at radius 1 is 0.952 bits per heavy atom. The zero-order chi connectivity index (χ0) is 14.7. The van der Waals surface area contributed by atoms with Crippen LogP contribution in [0.5, 0.6) is 0 Å². The summed E-state index contributed by atoms with van der Waals surface area (Å²) in [5.41, 5.74) is 0.543. The highest BCUT2D eigenvalue weighted by Gasteiger charge is 2.58. The molecule has 2 heteroatoms. The van der Waals surface area contributed by atoms with Gasteiger partial charge in [0.1, 0.15) is 5.54 Å². The van der Waals surface area contributed by atoms with E-state index in [-0.39, 0.29) is 6.61 Å². The second kappa shape index (κ2) is 7.00. The van der Waals surface area contributed by atoms with Crippen molar-refractivity contribution in [2.24, 2.45) is 5.92 Å². The van der Waals surface area contributed by atoms with Gasteiger partial charge in [0.15, 0.2) is 0 Å². The van der Waals surface area contributed by atoms with Crippen LogP contribution in [-0.4, -0.2) is 24.2 Å². The van der Waals surface area contributed by atoms with Gasteiger partial charge in [-0.05, 0) is 38.5 Å². The van der Waals surface area contributed by atoms with Gasteiger partial charge in [0.2, 0.25) is 0 Å². The minimum atomic E-state index is 0.176. The van der Waals surface area contributed by atoms with Gasteiger partial charge in [-0.3, -0.25) is 0 Å². The monoisotopic (exact) mass is 293 g/mol. The number of hydrogen-bond acceptors (Lipinski definition) is 1. The quantitative estimate of drug-likeness (QED) is 0.749. The molecule has 1 N–H and O–H groups in total. The van der Waals surface area contributed by atoms with Gasteiger partial charge in [-0.2, -0.15) is 0 Å². The SMILES string of the molecule is CCCCCC[C@@H]1CC[C@@H]2CCCC[C@]23CC[C@H](C[O-])[NH+]13. The van der Waals surface area contributed by atoms with E-state index in [1.165, 1.54) is 83.5 Å². The summed E-state index contributed by atoms with van der Waals surface area (Å²) < 4.78 is 0. The molecule has 1 unspecified atom stereocenters. The summed E-state index contributed by atoms with van der Waals surface area (Å²) in [5, 5.41) is 11.8. The van der Waals surface area contributed by atoms with E-state index >= 15 is 0 Å². The van der Waals surface area contributed by atoms with Crippen LogP contribution < -0.4 is 10.0 Å². The topological polar surface area (TPSA) is 27.5 Å². The molecule has 5 atom stereocenters. The summed E-state index contributed by atoms with van der Waals surface area (Å²) >= 11 is 0. The molecule has 1 saturated carbocycles. The maximum absolute atomic E-state index is 11.8. The predicted octanol–water partition coefficient (Wildman–Crippen LogP) is 2.46. The predicted molar refractivity (Wildman–Crippen MR) is 85.3 cm³/mol. The highest BCUT2D eigenvalue weighted by molar-refractivity contribution is 4.98. The Kier molecular flexibility index (Phi) is 5.27. The standard InChI is InChI=1S/C19H34NO/c1-2-3-4-5-9-17-11-10-16-8-6-7-13-19(16)14-12-18(15-21)20(17)19/h16-18H,2-15H2,1H3/q-1/p+1/t16-,17+,18+,19-/m0/s1. The smallest absolute Gasteiger partial charge is 0.101 e. The maximum atomic E-state index is 11.8. The fourth-order valence-electron chi connectivity index (χ4n) is 6.17. The summed E-state index contributed by atoms with van der Waals surface area (Å²) in [6, 6.07) is 1.26. The first-order valence-electron chi connectivity index (χ1n) is 9.77. The molecule has 2 aliphatic heterocycles. The van der Waals surface area contributed by atoms with Crippen molar-refractivity contribution in [2.45, 2.75) is 108 Å². The molecule has 0 radical (unpaired) electrons. The average molecular weight is 293 g/mol. The van der Waals surface area contributed by atoms with Crippen molar-refractivity contribution in [1.82, 2.24) is 0 Å². The molecule has 0 aromatic heterocycles. The summed E-state index contributed by atoms with van der Waals surface area (Å²) in [7, 11) is 0. The molecule has 3 fully saturated rings. The van der Waals surface area contributed by atoms with Crippen LogP contribution in [0.4, 0.5) is 0 Å². The van der Waals surface area contributed by atoms with E-state index in [2.05, 4.69) is 6.92 Å². The highest BCUT2D eigenvalue weighted by Crippen LogP contribution is 2.43. The lowest BCUT2D eigenvalue weighted by Gasteiger charge is -2.53. The van der Waals surface area contributed by atoms with Gasteiger partial charge >= 0.3 is 0 Å². The Morgan fingerprint density at radius 2 is 1.86 bits per heavy atom. The van der Waals surface area contributed by atoms with E-state index in [1.807, 2.05) is 4.90 Å². The Hall–Kier alpha value is -0.0800. The highest BCUT2D eigenvalue weighted by atomic mass is 16.3. The fourth-order valence-corrected chi connectivity index (χ4v) is 6.17. The van der Waals surface area contributed by atoms with Crippen molar-refractivity contribution in [3.63, 3.8) is 0 Å². The van der Waals surface area contributed by atoms with Gasteiger partial charge in [-0.1, -0.05) is 39.2 Å². The Bertz CT molecular complexity index is 332. The molecular formula is C19H35NO. The lowest BCUT2D eigenvalue weighted by molar-refractivity contribution is -0.999. The number of hydrogen-bond donors (Lipinski definition) is 1. The van der Waals surface area contributed by atoms with Crippen molar-refractivity contribution < 1.29 is 10.0 Å². The molecule has 0 aromatic rings. The first kappa shape index (κ1) is 15.8. The van der Waals surface area contributed by atoms with Gasteiger partial charge in [0.25, 0.3) is 0 Å². The van der Waals surface area contributed by atoms with Crippen molar-refractivity contribution in [1.29, 1.82) is 0 Å². The van der Waals surface area contributed by atoms with Gasteiger partial charge in [-0.25, -0.2) is 0 Å². The molecule has 2 saturated heterocycles. The van der Waals surface area contributed by atoms with Crippen LogP contribution in [0.3, 0.4) is 0 Å². The maximum Gasteiger partial charge on any atom is 0.101 e. The summed E-state index contributed by atoms with van der Waals surface area (Å²) in [4.78, 5) is 1.81. The number of nitrogens with one attached hydrogen (secondary N) is 1. The molecule has 1 spiro atoms. The average Bonchev–Trinajstić information content (AvgIpc) is 2.90. The van der Waals surface area contributed by atoms with Crippen LogP contribution in [0.2, 0.25) is 0 Å². The lowest BCUT2D eigenvalue weighted by atomic mass is 9.66. The normalized spacial score (nSPS) is 42.6. The molecule has 2 nitrogen and oxygen atoms in total. The summed E-state index contributed by atoms with van der Waals surface area (Å²) in [6.07, 6.45) is 18.1. The van der Waals surface area contributed by atoms with E-state index in [0.29, 0.717) is 11.6 Å². The Balaban J connectivity index is 1.70. The summed E-state index contributed by atoms with van der Waals surface area (Å²) in [5.74, 6) is 0.949. The minimum Gasteiger partial charge on any atom is -0.850 e. The minimum absolute atomic E-state index is 0.176. The second-order valence-corrected chi connectivity index (χ2v) is 8.08. The van der Waals surface area contributed by atoms with Crippen LogP contribution in [0.1, 0.15) is 90.4 Å². The largest absolute Gasteiger partial charge is 0.850 e. The molecular weight excluding hydrogens is 258 g/mol. The van der Waals surface area contributed by atoms with Crippen molar-refractivity contribution in [3.05, 3.63) is 0 Å². The van der Waals surface area contributed by atoms with Gasteiger partial charge in [0, 0.05) is 25.2 Å². The number of unbranched alkanes of at least 4 members (excludes halogenated alkanes) is 3. The third kappa shape index (κ3) is 2.91. The van der Waals surface area contributed by atoms with Crippen LogP contribution >= 0.6 is 0 Å². The van der Waals surface area contributed by atoms with Crippen LogP contribution in [0.25, 0.3) is 0 Å². The Labute approximate surface area is 131 Å². The van der Waals surface area contributed by atoms with Crippen LogP contribution in [-0.2, 0) is 0 Å². The third-order valence-corrected chi connectivity index (χ3v) is 7.07. The zero-order valence-electron chi connectivity index (χ0n) is 14.0. The van der Waals surface area contributed by atoms with Crippen molar-refractivity contribution in [2.75, 3.05) is 6.61 Å². The molecule has 0 aromatic carbocycles. The Morgan fingerprint density at radius 3 is 2.67 bits per heavy atom. The van der Waals surface area contributed by atoms with E-state index in [4.69, 9.17) is 0 Å². The van der Waals surface area contributed by atoms with Gasteiger partial charge in [-0.15, -0.1) is 0 Å². The van der Waals surface area contributed by atoms with Crippen LogP contribution in [0.15, 0.2) is 0 Å². The molecule has 3 rings (SSSR count). The number of rotatable bonds is 6. The second-order valence-electron chi connectivity index (χ2n) is 8.08. The molecule has 21 heavy (non-hydrogen) atoms. The molecule has 0 amide bonds. The molecule has 3 aliphatic rings. The van der Waals surface area contributed by atoms with Crippen molar-refractivity contribution >= 4 is 0 Å². The molecule has 2 heterocycles. The summed E-state index contributed by atoms with van der Waals surface area (Å²) in [6.45, 7) is 2.47. The van der Waals surface area contributed by atoms with E-state index in [0.717, 1.165) is 12.0 Å². The molecule has 1 aliphatic carbocycles. The van der Waals surface area contributed by atoms with E-state index < -0.39 is 0 Å². The van der Waals surface area contributed by atoms with Crippen LogP contribution in [0, 0.1) is 5.92 Å². The van der Waals surface area contributed by atoms with Crippen molar-refractivity contribution in [3.8, 4) is 0 Å². The first-order chi connectivity index (χ1) is 10.3. The van der Waals surface area contributed by atoms with E-state index in [1.54, 1.807) is 0 Å². The van der Waals surface area contributed by atoms with E-state index in [9.17, 15) is 5.11 Å². The first-order valence-corrected chi connectivity index (χ1v) is 9.77. The lowest BCUT2D eigenvalue weighted by Crippen LogP contribution is -3.26. The van der Waals surface area contributed by atoms with Gasteiger partial charge in [0.05, 0.1) is 12.1 Å². The fraction of sp³-hybridized carbons (Fsp3) is 1.00. The van der Waals surface area contributed by atoms with Gasteiger partial charge < -0.3 is 10.0 Å². The third-order valence-electron chi connectivity index (χ3n) is 7.07. The molecule has 122 valence electrons. The zero-order valence-corrected chi connectivity index (χ0v) is 14.0.